The van der Waals surface area contributed by atoms with Gasteiger partial charge >= 0.3 is 0 Å². The Hall–Kier alpha value is -0.0900. The minimum atomic E-state index is -2.84. The molecule has 4 heteroatoms. The van der Waals surface area contributed by atoms with E-state index in [9.17, 15) is 8.42 Å². The van der Waals surface area contributed by atoms with Crippen molar-refractivity contribution in [3.63, 3.8) is 0 Å². The van der Waals surface area contributed by atoms with Crippen molar-refractivity contribution in [2.75, 3.05) is 18.1 Å². The van der Waals surface area contributed by atoms with Gasteiger partial charge in [0, 0.05) is 6.04 Å². The first-order valence-electron chi connectivity index (χ1n) is 7.47. The summed E-state index contributed by atoms with van der Waals surface area (Å²) in [4.78, 5) is 0. The van der Waals surface area contributed by atoms with Gasteiger partial charge in [-0.3, -0.25) is 0 Å². The largest absolute Gasteiger partial charge is 0.314 e. The third kappa shape index (κ3) is 6.74. The normalized spacial score (nSPS) is 19.9. The molecule has 0 saturated heterocycles. The van der Waals surface area contributed by atoms with Crippen molar-refractivity contribution >= 4 is 9.84 Å². The summed E-state index contributed by atoms with van der Waals surface area (Å²) in [5, 5.41) is 3.50. The summed E-state index contributed by atoms with van der Waals surface area (Å²) in [5.74, 6) is 0.991. The van der Waals surface area contributed by atoms with Gasteiger partial charge in [0.15, 0.2) is 9.84 Å². The summed E-state index contributed by atoms with van der Waals surface area (Å²) in [6, 6.07) is 0.635. The van der Waals surface area contributed by atoms with E-state index in [4.69, 9.17) is 0 Å². The smallest absolute Gasteiger partial charge is 0.150 e. The van der Waals surface area contributed by atoms with Crippen molar-refractivity contribution in [3.05, 3.63) is 0 Å². The van der Waals surface area contributed by atoms with Gasteiger partial charge in [0.1, 0.15) is 0 Å². The molecule has 0 aromatic rings. The van der Waals surface area contributed by atoms with Gasteiger partial charge in [-0.25, -0.2) is 8.42 Å². The van der Waals surface area contributed by atoms with Crippen molar-refractivity contribution in [2.24, 2.45) is 5.92 Å². The Morgan fingerprint density at radius 2 is 1.89 bits per heavy atom. The van der Waals surface area contributed by atoms with Crippen LogP contribution in [0.4, 0.5) is 0 Å². The van der Waals surface area contributed by atoms with Crippen molar-refractivity contribution in [1.82, 2.24) is 5.32 Å². The van der Waals surface area contributed by atoms with Gasteiger partial charge in [-0.2, -0.15) is 0 Å². The second kappa shape index (κ2) is 8.16. The molecule has 0 aromatic heterocycles. The molecule has 1 aliphatic rings. The van der Waals surface area contributed by atoms with Crippen LogP contribution in [-0.4, -0.2) is 32.5 Å². The minimum Gasteiger partial charge on any atom is -0.314 e. The molecule has 1 saturated carbocycles. The number of hydrogen-bond donors (Lipinski definition) is 1. The van der Waals surface area contributed by atoms with Gasteiger partial charge in [-0.05, 0) is 31.7 Å². The quantitative estimate of drug-likeness (QED) is 0.693. The van der Waals surface area contributed by atoms with Crippen molar-refractivity contribution in [2.45, 2.75) is 64.8 Å². The van der Waals surface area contributed by atoms with Crippen LogP contribution in [0.1, 0.15) is 58.8 Å². The third-order valence-electron chi connectivity index (χ3n) is 3.91. The molecule has 1 rings (SSSR count). The number of rotatable bonds is 8. The Morgan fingerprint density at radius 1 is 1.22 bits per heavy atom. The lowest BCUT2D eigenvalue weighted by Crippen LogP contribution is -2.32. The summed E-state index contributed by atoms with van der Waals surface area (Å²) in [5.41, 5.74) is 0. The average Bonchev–Trinajstić information content (AvgIpc) is 2.35. The molecular weight excluding hydrogens is 246 g/mol. The lowest BCUT2D eigenvalue weighted by atomic mass is 9.95. The molecular formula is C14H29NO2S. The maximum absolute atomic E-state index is 11.8. The SMILES string of the molecule is CCC(C)CS(=O)(=O)CCCNC1CCCCC1. The van der Waals surface area contributed by atoms with Crippen LogP contribution in [0.3, 0.4) is 0 Å². The summed E-state index contributed by atoms with van der Waals surface area (Å²) in [6.07, 6.45) is 8.24. The van der Waals surface area contributed by atoms with Crippen LogP contribution in [0.15, 0.2) is 0 Å². The van der Waals surface area contributed by atoms with Gasteiger partial charge in [-0.15, -0.1) is 0 Å². The number of sulfone groups is 1. The van der Waals surface area contributed by atoms with E-state index < -0.39 is 9.84 Å². The molecule has 0 heterocycles. The molecule has 1 N–H and O–H groups in total. The Bertz CT molecular complexity index is 308. The summed E-state index contributed by atoms with van der Waals surface area (Å²) in [6.45, 7) is 4.91. The second-order valence-electron chi connectivity index (χ2n) is 5.77. The van der Waals surface area contributed by atoms with Crippen molar-refractivity contribution in [3.8, 4) is 0 Å². The topological polar surface area (TPSA) is 46.2 Å². The molecule has 3 nitrogen and oxygen atoms in total. The van der Waals surface area contributed by atoms with E-state index >= 15 is 0 Å². The molecule has 1 aliphatic carbocycles. The van der Waals surface area contributed by atoms with E-state index in [0.29, 0.717) is 23.5 Å². The molecule has 0 amide bonds. The average molecular weight is 275 g/mol. The molecule has 1 unspecified atom stereocenters. The third-order valence-corrected chi connectivity index (χ3v) is 5.89. The zero-order chi connectivity index (χ0) is 13.4. The second-order valence-corrected chi connectivity index (χ2v) is 8.00. The minimum absolute atomic E-state index is 0.293. The van der Waals surface area contributed by atoms with Gasteiger partial charge in [-0.1, -0.05) is 39.5 Å². The van der Waals surface area contributed by atoms with Gasteiger partial charge in [0.2, 0.25) is 0 Å². The Labute approximate surface area is 113 Å². The van der Waals surface area contributed by atoms with Gasteiger partial charge in [0.25, 0.3) is 0 Å². The summed E-state index contributed by atoms with van der Waals surface area (Å²) in [7, 11) is -2.84. The standard InChI is InChI=1S/C14H29NO2S/c1-3-13(2)12-18(16,17)11-7-10-15-14-8-5-4-6-9-14/h13-15H,3-12H2,1-2H3. The Morgan fingerprint density at radius 3 is 2.50 bits per heavy atom. The predicted molar refractivity (Wildman–Crippen MR) is 77.6 cm³/mol. The zero-order valence-electron chi connectivity index (χ0n) is 12.0. The van der Waals surface area contributed by atoms with E-state index in [1.165, 1.54) is 32.1 Å². The lowest BCUT2D eigenvalue weighted by molar-refractivity contribution is 0.374. The lowest BCUT2D eigenvalue weighted by Gasteiger charge is -2.22. The molecule has 18 heavy (non-hydrogen) atoms. The first-order valence-corrected chi connectivity index (χ1v) is 9.29. The molecule has 0 aliphatic heterocycles. The Balaban J connectivity index is 2.12. The van der Waals surface area contributed by atoms with Crippen LogP contribution in [0.2, 0.25) is 0 Å². The molecule has 0 aromatic carbocycles. The first kappa shape index (κ1) is 16.0. The predicted octanol–water partition coefficient (Wildman–Crippen LogP) is 2.76. The molecule has 0 spiro atoms. The first-order chi connectivity index (χ1) is 8.53. The van der Waals surface area contributed by atoms with E-state index in [2.05, 4.69) is 5.32 Å². The Kier molecular flexibility index (Phi) is 7.23. The molecule has 1 atom stereocenters. The fraction of sp³-hybridized carbons (Fsp3) is 1.00. The highest BCUT2D eigenvalue weighted by Gasteiger charge is 2.15. The maximum Gasteiger partial charge on any atom is 0.150 e. The zero-order valence-corrected chi connectivity index (χ0v) is 12.8. The van der Waals surface area contributed by atoms with E-state index in [0.717, 1.165) is 19.4 Å². The molecule has 0 bridgehead atoms. The maximum atomic E-state index is 11.8. The van der Waals surface area contributed by atoms with Crippen molar-refractivity contribution < 1.29 is 8.42 Å². The molecule has 108 valence electrons. The summed E-state index contributed by atoms with van der Waals surface area (Å²) < 4.78 is 23.6. The molecule has 1 fully saturated rings. The molecule has 0 radical (unpaired) electrons. The highest BCUT2D eigenvalue weighted by molar-refractivity contribution is 7.91. The van der Waals surface area contributed by atoms with Gasteiger partial charge < -0.3 is 5.32 Å². The fourth-order valence-corrected chi connectivity index (χ4v) is 4.39. The van der Waals surface area contributed by atoms with Gasteiger partial charge in [0.05, 0.1) is 11.5 Å². The number of nitrogens with one attached hydrogen (secondary N) is 1. The monoisotopic (exact) mass is 275 g/mol. The highest BCUT2D eigenvalue weighted by Crippen LogP contribution is 2.17. The van der Waals surface area contributed by atoms with Crippen molar-refractivity contribution in [1.29, 1.82) is 0 Å². The van der Waals surface area contributed by atoms with Crippen LogP contribution in [0.25, 0.3) is 0 Å². The number of hydrogen-bond acceptors (Lipinski definition) is 3. The summed E-state index contributed by atoms with van der Waals surface area (Å²) >= 11 is 0. The van der Waals surface area contributed by atoms with E-state index in [-0.39, 0.29) is 0 Å². The van der Waals surface area contributed by atoms with Crippen LogP contribution in [0, 0.1) is 5.92 Å². The van der Waals surface area contributed by atoms with E-state index in [1.54, 1.807) is 0 Å². The van der Waals surface area contributed by atoms with Crippen LogP contribution >= 0.6 is 0 Å². The van der Waals surface area contributed by atoms with E-state index in [1.807, 2.05) is 13.8 Å². The van der Waals surface area contributed by atoms with Crippen LogP contribution in [-0.2, 0) is 9.84 Å². The fourth-order valence-electron chi connectivity index (χ4n) is 2.54. The highest BCUT2D eigenvalue weighted by atomic mass is 32.2. The van der Waals surface area contributed by atoms with Crippen LogP contribution < -0.4 is 5.32 Å². The van der Waals surface area contributed by atoms with Crippen LogP contribution in [0.5, 0.6) is 0 Å².